The number of fused-ring (bicyclic) bond motifs is 2. The molecular weight excluding hydrogens is 236 g/mol. The summed E-state index contributed by atoms with van der Waals surface area (Å²) < 4.78 is 2.03. The van der Waals surface area contributed by atoms with Gasteiger partial charge in [-0.3, -0.25) is 4.68 Å². The van der Waals surface area contributed by atoms with Crippen molar-refractivity contribution in [1.29, 1.82) is 0 Å². The van der Waals surface area contributed by atoms with Gasteiger partial charge in [0.15, 0.2) is 5.65 Å². The second-order valence-corrected chi connectivity index (χ2v) is 5.66. The number of halogens is 1. The largest absolute Gasteiger partial charge is 0.316 e. The number of rotatable bonds is 2. The SMILES string of the molecule is Clc1ccc2cn(C[C@@]34CNCC3C4)nc2n1. The summed E-state index contributed by atoms with van der Waals surface area (Å²) >= 11 is 5.86. The Morgan fingerprint density at radius 3 is 3.24 bits per heavy atom. The van der Waals surface area contributed by atoms with Crippen molar-refractivity contribution in [3.05, 3.63) is 23.5 Å². The van der Waals surface area contributed by atoms with Crippen molar-refractivity contribution in [3.8, 4) is 0 Å². The number of hydrogen-bond acceptors (Lipinski definition) is 3. The van der Waals surface area contributed by atoms with Crippen LogP contribution in [0.1, 0.15) is 6.42 Å². The molecule has 2 fully saturated rings. The van der Waals surface area contributed by atoms with Gasteiger partial charge in [-0.25, -0.2) is 4.98 Å². The summed E-state index contributed by atoms with van der Waals surface area (Å²) in [5.74, 6) is 0.853. The summed E-state index contributed by atoms with van der Waals surface area (Å²) in [5.41, 5.74) is 1.21. The van der Waals surface area contributed by atoms with Gasteiger partial charge in [0.25, 0.3) is 0 Å². The molecule has 1 aliphatic carbocycles. The molecule has 0 amide bonds. The number of hydrogen-bond donors (Lipinski definition) is 1. The summed E-state index contributed by atoms with van der Waals surface area (Å²) in [5, 5.41) is 9.52. The van der Waals surface area contributed by atoms with Gasteiger partial charge >= 0.3 is 0 Å². The lowest BCUT2D eigenvalue weighted by atomic mass is 10.1. The van der Waals surface area contributed by atoms with Crippen LogP contribution in [0.15, 0.2) is 18.3 Å². The lowest BCUT2D eigenvalue weighted by Crippen LogP contribution is -2.20. The maximum atomic E-state index is 5.86. The van der Waals surface area contributed by atoms with Gasteiger partial charge < -0.3 is 5.32 Å². The number of aromatic nitrogens is 3. The van der Waals surface area contributed by atoms with E-state index in [1.807, 2.05) is 16.8 Å². The minimum atomic E-state index is 0.464. The fourth-order valence-corrected chi connectivity index (χ4v) is 3.16. The van der Waals surface area contributed by atoms with Crippen molar-refractivity contribution in [2.75, 3.05) is 13.1 Å². The zero-order valence-electron chi connectivity index (χ0n) is 9.36. The number of pyridine rings is 1. The van der Waals surface area contributed by atoms with Gasteiger partial charge in [-0.1, -0.05) is 11.6 Å². The van der Waals surface area contributed by atoms with Crippen LogP contribution in [-0.4, -0.2) is 27.9 Å². The fourth-order valence-electron chi connectivity index (χ4n) is 3.01. The number of nitrogens with zero attached hydrogens (tertiary/aromatic N) is 3. The average molecular weight is 249 g/mol. The molecule has 1 aliphatic heterocycles. The van der Waals surface area contributed by atoms with Gasteiger partial charge in [0.1, 0.15) is 5.15 Å². The van der Waals surface area contributed by atoms with Crippen LogP contribution >= 0.6 is 11.6 Å². The Labute approximate surface area is 104 Å². The average Bonchev–Trinajstić information content (AvgIpc) is 2.68. The summed E-state index contributed by atoms with van der Waals surface area (Å²) in [6.07, 6.45) is 3.41. The maximum absolute atomic E-state index is 5.86. The van der Waals surface area contributed by atoms with Crippen LogP contribution in [0.3, 0.4) is 0 Å². The zero-order valence-corrected chi connectivity index (χ0v) is 10.1. The van der Waals surface area contributed by atoms with E-state index in [1.54, 1.807) is 0 Å². The summed E-state index contributed by atoms with van der Waals surface area (Å²) in [7, 11) is 0. The van der Waals surface area contributed by atoms with Gasteiger partial charge in [-0.05, 0) is 31.0 Å². The van der Waals surface area contributed by atoms with E-state index in [1.165, 1.54) is 13.0 Å². The van der Waals surface area contributed by atoms with Crippen molar-refractivity contribution >= 4 is 22.6 Å². The molecule has 0 spiro atoms. The zero-order chi connectivity index (χ0) is 11.5. The van der Waals surface area contributed by atoms with E-state index in [-0.39, 0.29) is 0 Å². The maximum Gasteiger partial charge on any atom is 0.182 e. The van der Waals surface area contributed by atoms with Crippen LogP contribution in [-0.2, 0) is 6.54 Å². The Balaban J connectivity index is 1.68. The smallest absolute Gasteiger partial charge is 0.182 e. The van der Waals surface area contributed by atoms with E-state index in [2.05, 4.69) is 21.6 Å². The molecule has 0 aromatic carbocycles. The topological polar surface area (TPSA) is 42.7 Å². The van der Waals surface area contributed by atoms with Crippen LogP contribution < -0.4 is 5.32 Å². The summed E-state index contributed by atoms with van der Waals surface area (Å²) in [6, 6.07) is 3.79. The first kappa shape index (κ1) is 9.85. The van der Waals surface area contributed by atoms with Gasteiger partial charge in [-0.15, -0.1) is 0 Å². The normalized spacial score (nSPS) is 30.8. The van der Waals surface area contributed by atoms with Gasteiger partial charge in [0.2, 0.25) is 0 Å². The van der Waals surface area contributed by atoms with Crippen molar-refractivity contribution in [3.63, 3.8) is 0 Å². The summed E-state index contributed by atoms with van der Waals surface area (Å²) in [6.45, 7) is 3.30. The highest BCUT2D eigenvalue weighted by Crippen LogP contribution is 2.55. The van der Waals surface area contributed by atoms with Gasteiger partial charge in [0, 0.05) is 30.1 Å². The predicted molar refractivity (Wildman–Crippen MR) is 65.9 cm³/mol. The molecule has 88 valence electrons. The Hall–Kier alpha value is -1.13. The summed E-state index contributed by atoms with van der Waals surface area (Å²) in [4.78, 5) is 4.23. The molecule has 1 unspecified atom stereocenters. The molecule has 1 N–H and O–H groups in total. The predicted octanol–water partition coefficient (Wildman–Crippen LogP) is 1.69. The first-order valence-corrected chi connectivity index (χ1v) is 6.33. The van der Waals surface area contributed by atoms with Crippen molar-refractivity contribution in [1.82, 2.24) is 20.1 Å². The number of nitrogens with one attached hydrogen (secondary N) is 1. The van der Waals surface area contributed by atoms with E-state index in [0.717, 1.165) is 30.0 Å². The molecular formula is C12H13ClN4. The lowest BCUT2D eigenvalue weighted by Gasteiger charge is -2.10. The van der Waals surface area contributed by atoms with Crippen LogP contribution in [0.5, 0.6) is 0 Å². The molecule has 3 heterocycles. The van der Waals surface area contributed by atoms with Crippen LogP contribution in [0.25, 0.3) is 11.0 Å². The minimum Gasteiger partial charge on any atom is -0.316 e. The molecule has 2 aromatic rings. The monoisotopic (exact) mass is 248 g/mol. The fraction of sp³-hybridized carbons (Fsp3) is 0.500. The first-order chi connectivity index (χ1) is 8.25. The standard InChI is InChI=1S/C12H13ClN4/c13-10-2-1-8-5-17(16-11(8)15-10)7-12-3-9(12)4-14-6-12/h1-2,5,9,14H,3-4,6-7H2/t9?,12-/m1/s1. The Morgan fingerprint density at radius 2 is 2.47 bits per heavy atom. The first-order valence-electron chi connectivity index (χ1n) is 5.96. The third-order valence-corrected chi connectivity index (χ3v) is 4.30. The Kier molecular flexibility index (Phi) is 1.86. The van der Waals surface area contributed by atoms with Crippen LogP contribution in [0.2, 0.25) is 5.15 Å². The minimum absolute atomic E-state index is 0.464. The van der Waals surface area contributed by atoms with Crippen molar-refractivity contribution in [2.45, 2.75) is 13.0 Å². The molecule has 17 heavy (non-hydrogen) atoms. The van der Waals surface area contributed by atoms with E-state index in [9.17, 15) is 0 Å². The highest BCUT2D eigenvalue weighted by Gasteiger charge is 2.57. The van der Waals surface area contributed by atoms with Crippen molar-refractivity contribution in [2.24, 2.45) is 11.3 Å². The van der Waals surface area contributed by atoms with Crippen LogP contribution in [0, 0.1) is 11.3 Å². The molecule has 2 atom stereocenters. The molecule has 2 aromatic heterocycles. The highest BCUT2D eigenvalue weighted by molar-refractivity contribution is 6.29. The molecule has 0 radical (unpaired) electrons. The highest BCUT2D eigenvalue weighted by atomic mass is 35.5. The van der Waals surface area contributed by atoms with E-state index < -0.39 is 0 Å². The van der Waals surface area contributed by atoms with Gasteiger partial charge in [0.05, 0.1) is 0 Å². The second kappa shape index (κ2) is 3.21. The van der Waals surface area contributed by atoms with E-state index in [4.69, 9.17) is 11.6 Å². The van der Waals surface area contributed by atoms with E-state index >= 15 is 0 Å². The number of piperidine rings is 1. The lowest BCUT2D eigenvalue weighted by molar-refractivity contribution is 0.403. The van der Waals surface area contributed by atoms with Gasteiger partial charge in [-0.2, -0.15) is 5.10 Å². The molecule has 1 saturated heterocycles. The Bertz CT molecular complexity index is 593. The van der Waals surface area contributed by atoms with Crippen molar-refractivity contribution < 1.29 is 0 Å². The molecule has 1 saturated carbocycles. The third kappa shape index (κ3) is 1.47. The molecule has 5 heteroatoms. The molecule has 4 nitrogen and oxygen atoms in total. The van der Waals surface area contributed by atoms with Crippen LogP contribution in [0.4, 0.5) is 0 Å². The molecule has 2 aliphatic rings. The molecule has 0 bridgehead atoms. The molecule has 4 rings (SSSR count). The second-order valence-electron chi connectivity index (χ2n) is 5.27. The van der Waals surface area contributed by atoms with E-state index in [0.29, 0.717) is 10.6 Å². The quantitative estimate of drug-likeness (QED) is 0.823. The Morgan fingerprint density at radius 1 is 1.53 bits per heavy atom. The third-order valence-electron chi connectivity index (χ3n) is 4.09.